The Kier molecular flexibility index (Phi) is 9.34. The third-order valence-electron chi connectivity index (χ3n) is 4.63. The van der Waals surface area contributed by atoms with E-state index in [0.717, 1.165) is 0 Å². The van der Waals surface area contributed by atoms with Gasteiger partial charge in [0.05, 0.1) is 12.3 Å². The van der Waals surface area contributed by atoms with Crippen molar-refractivity contribution in [2.45, 2.75) is 57.9 Å². The molecule has 0 radical (unpaired) electrons. The van der Waals surface area contributed by atoms with E-state index in [1.165, 1.54) is 37.3 Å². The van der Waals surface area contributed by atoms with Crippen molar-refractivity contribution in [1.82, 2.24) is 25.5 Å². The minimum Gasteiger partial charge on any atom is -0.426 e. The molecule has 172 valence electrons. The number of likely N-dealkylation sites (tertiary alicyclic amines) is 1. The summed E-state index contributed by atoms with van der Waals surface area (Å²) in [6.07, 6.45) is 3.92. The predicted molar refractivity (Wildman–Crippen MR) is 109 cm³/mol. The number of nitrogens with one attached hydrogen (secondary N) is 2. The van der Waals surface area contributed by atoms with Gasteiger partial charge in [0.25, 0.3) is 5.91 Å². The Hall–Kier alpha value is -3.75. The molecule has 32 heavy (non-hydrogen) atoms. The highest BCUT2D eigenvalue weighted by molar-refractivity contribution is 5.91. The van der Waals surface area contributed by atoms with Crippen LogP contribution in [0.5, 0.6) is 0 Å². The van der Waals surface area contributed by atoms with Gasteiger partial charge in [0, 0.05) is 39.3 Å². The molecule has 2 heterocycles. The quantitative estimate of drug-likeness (QED) is 0.312. The fourth-order valence-electron chi connectivity index (χ4n) is 3.22. The van der Waals surface area contributed by atoms with Crippen LogP contribution in [0.2, 0.25) is 0 Å². The summed E-state index contributed by atoms with van der Waals surface area (Å²) in [6, 6.07) is 0.557. The number of hydrogen-bond acceptors (Lipinski definition) is 9. The van der Waals surface area contributed by atoms with Gasteiger partial charge in [-0.3, -0.25) is 19.4 Å². The minimum absolute atomic E-state index is 0.162. The molecular weight excluding hydrogens is 420 g/mol. The fraction of sp³-hybridized carbons (Fsp3) is 0.550. The van der Waals surface area contributed by atoms with Gasteiger partial charge < -0.3 is 25.0 Å². The lowest BCUT2D eigenvalue weighted by Gasteiger charge is -2.26. The van der Waals surface area contributed by atoms with Gasteiger partial charge in [0.1, 0.15) is 17.8 Å². The zero-order valence-electron chi connectivity index (χ0n) is 17.9. The molecule has 2 rings (SSSR count). The van der Waals surface area contributed by atoms with Crippen LogP contribution in [-0.4, -0.2) is 70.2 Å². The van der Waals surface area contributed by atoms with Crippen LogP contribution in [0.15, 0.2) is 18.6 Å². The van der Waals surface area contributed by atoms with Crippen molar-refractivity contribution < 1.29 is 28.7 Å². The first kappa shape index (κ1) is 24.5. The van der Waals surface area contributed by atoms with Crippen LogP contribution in [0.1, 0.15) is 50.0 Å². The summed E-state index contributed by atoms with van der Waals surface area (Å²) in [4.78, 5) is 57.3. The van der Waals surface area contributed by atoms with E-state index in [0.29, 0.717) is 25.8 Å². The van der Waals surface area contributed by atoms with Crippen LogP contribution in [0.25, 0.3) is 0 Å². The summed E-state index contributed by atoms with van der Waals surface area (Å²) in [7, 11) is 0. The molecule has 0 aromatic carbocycles. The van der Waals surface area contributed by atoms with E-state index in [1.54, 1.807) is 0 Å². The van der Waals surface area contributed by atoms with E-state index in [9.17, 15) is 24.4 Å². The average molecular weight is 446 g/mol. The smallest absolute Gasteiger partial charge is 0.410 e. The van der Waals surface area contributed by atoms with Gasteiger partial charge in [-0.1, -0.05) is 0 Å². The molecule has 1 unspecified atom stereocenters. The lowest BCUT2D eigenvalue weighted by atomic mass is 10.1. The zero-order valence-corrected chi connectivity index (χ0v) is 17.9. The van der Waals surface area contributed by atoms with E-state index in [4.69, 9.17) is 9.47 Å². The third-order valence-corrected chi connectivity index (χ3v) is 4.63. The number of carbonyl (C=O) groups is 4. The molecule has 12 nitrogen and oxygen atoms in total. The Bertz CT molecular complexity index is 858. The molecule has 1 saturated heterocycles. The normalized spacial score (nSPS) is 16.9. The summed E-state index contributed by atoms with van der Waals surface area (Å²) in [6.45, 7) is 3.18. The zero-order chi connectivity index (χ0) is 23.5. The van der Waals surface area contributed by atoms with Gasteiger partial charge in [-0.25, -0.2) is 9.78 Å². The van der Waals surface area contributed by atoms with Crippen molar-refractivity contribution in [3.63, 3.8) is 0 Å². The molecule has 0 spiro atoms. The molecule has 1 aliphatic heterocycles. The summed E-state index contributed by atoms with van der Waals surface area (Å²) in [5.41, 5.74) is 0.162. The number of hydrogen-bond donors (Lipinski definition) is 2. The molecule has 0 saturated carbocycles. The van der Waals surface area contributed by atoms with Crippen molar-refractivity contribution in [1.29, 1.82) is 5.26 Å². The van der Waals surface area contributed by atoms with Gasteiger partial charge in [-0.05, 0) is 25.7 Å². The average Bonchev–Trinajstić information content (AvgIpc) is 3.24. The molecule has 12 heteroatoms. The number of amides is 3. The molecule has 3 atom stereocenters. The number of aromatic nitrogens is 2. The maximum atomic E-state index is 13.0. The van der Waals surface area contributed by atoms with Crippen LogP contribution >= 0.6 is 0 Å². The minimum atomic E-state index is -1.13. The first-order chi connectivity index (χ1) is 15.3. The summed E-state index contributed by atoms with van der Waals surface area (Å²) >= 11 is 0. The molecule has 1 aromatic rings. The van der Waals surface area contributed by atoms with Crippen molar-refractivity contribution in [3.05, 3.63) is 24.3 Å². The van der Waals surface area contributed by atoms with Gasteiger partial charge in [-0.2, -0.15) is 5.26 Å². The van der Waals surface area contributed by atoms with Gasteiger partial charge in [-0.15, -0.1) is 0 Å². The molecule has 0 bridgehead atoms. The van der Waals surface area contributed by atoms with Crippen molar-refractivity contribution in [2.75, 3.05) is 13.1 Å². The SMILES string of the molecule is CC(=O)OC(C)OC(=O)N[C@@H](CCCNC(=O)c1cnccn1)C(=O)N1CCC[C@H]1C#N. The molecular formula is C20H26N6O6. The lowest BCUT2D eigenvalue weighted by Crippen LogP contribution is -2.50. The number of nitrogens with zero attached hydrogens (tertiary/aromatic N) is 4. The molecule has 1 aromatic heterocycles. The maximum absolute atomic E-state index is 13.0. The molecule has 0 aliphatic carbocycles. The summed E-state index contributed by atoms with van der Waals surface area (Å²) in [5.74, 6) is -1.44. The molecule has 2 N–H and O–H groups in total. The maximum Gasteiger partial charge on any atom is 0.410 e. The Morgan fingerprint density at radius 2 is 2.09 bits per heavy atom. The second-order valence-electron chi connectivity index (χ2n) is 7.09. The van der Waals surface area contributed by atoms with E-state index in [1.807, 2.05) is 0 Å². The fourth-order valence-corrected chi connectivity index (χ4v) is 3.22. The largest absolute Gasteiger partial charge is 0.426 e. The standard InChI is InChI=1S/C20H26N6O6/c1-13(27)31-14(2)32-20(30)25-16(19(29)26-10-4-5-15(26)11-21)6-3-7-24-18(28)17-12-22-8-9-23-17/h8-9,12,14-16H,3-7,10H2,1-2H3,(H,24,28)(H,25,30)/t14?,15-,16-/m0/s1. The highest BCUT2D eigenvalue weighted by Crippen LogP contribution is 2.18. The monoisotopic (exact) mass is 446 g/mol. The Morgan fingerprint density at radius 3 is 2.75 bits per heavy atom. The second-order valence-corrected chi connectivity index (χ2v) is 7.09. The van der Waals surface area contributed by atoms with Crippen molar-refractivity contribution >= 4 is 23.9 Å². The van der Waals surface area contributed by atoms with E-state index in [2.05, 4.69) is 26.7 Å². The van der Waals surface area contributed by atoms with Gasteiger partial charge in [0.15, 0.2) is 0 Å². The number of nitriles is 1. The number of rotatable bonds is 9. The number of carbonyl (C=O) groups excluding carboxylic acids is 4. The van der Waals surface area contributed by atoms with E-state index in [-0.39, 0.29) is 18.7 Å². The Morgan fingerprint density at radius 1 is 1.31 bits per heavy atom. The lowest BCUT2D eigenvalue weighted by molar-refractivity contribution is -0.162. The van der Waals surface area contributed by atoms with Crippen molar-refractivity contribution in [3.8, 4) is 6.07 Å². The van der Waals surface area contributed by atoms with Crippen LogP contribution < -0.4 is 10.6 Å². The first-order valence-corrected chi connectivity index (χ1v) is 10.2. The van der Waals surface area contributed by atoms with E-state index >= 15 is 0 Å². The number of esters is 1. The predicted octanol–water partition coefficient (Wildman–Crippen LogP) is 0.505. The van der Waals surface area contributed by atoms with Gasteiger partial charge >= 0.3 is 12.1 Å². The van der Waals surface area contributed by atoms with E-state index < -0.39 is 42.3 Å². The van der Waals surface area contributed by atoms with Crippen LogP contribution in [-0.2, 0) is 19.1 Å². The topological polar surface area (TPSA) is 164 Å². The molecule has 3 amide bonds. The Balaban J connectivity index is 1.94. The van der Waals surface area contributed by atoms with Crippen molar-refractivity contribution in [2.24, 2.45) is 0 Å². The highest BCUT2D eigenvalue weighted by atomic mass is 16.7. The van der Waals surface area contributed by atoms with Gasteiger partial charge in [0.2, 0.25) is 12.2 Å². The third kappa shape index (κ3) is 7.50. The first-order valence-electron chi connectivity index (χ1n) is 10.2. The van der Waals surface area contributed by atoms with Crippen LogP contribution in [0, 0.1) is 11.3 Å². The number of alkyl carbamates (subject to hydrolysis) is 1. The number of ether oxygens (including phenoxy) is 2. The Labute approximate surface area is 185 Å². The molecule has 1 fully saturated rings. The van der Waals surface area contributed by atoms with Crippen LogP contribution in [0.3, 0.4) is 0 Å². The second kappa shape index (κ2) is 12.2. The molecule has 1 aliphatic rings. The highest BCUT2D eigenvalue weighted by Gasteiger charge is 2.34. The summed E-state index contributed by atoms with van der Waals surface area (Å²) < 4.78 is 9.69. The van der Waals surface area contributed by atoms with Crippen LogP contribution in [0.4, 0.5) is 4.79 Å². The summed E-state index contributed by atoms with van der Waals surface area (Å²) in [5, 5.41) is 14.4.